The SMILES string of the molecule is O=C(CC1COCCN1Cc1ccc2c(c1)COC2)c1ccccc1. The van der Waals surface area contributed by atoms with Crippen LogP contribution in [0, 0.1) is 0 Å². The van der Waals surface area contributed by atoms with Gasteiger partial charge in [0.05, 0.1) is 26.4 Å². The highest BCUT2D eigenvalue weighted by molar-refractivity contribution is 5.96. The Morgan fingerprint density at radius 1 is 1.04 bits per heavy atom. The smallest absolute Gasteiger partial charge is 0.164 e. The van der Waals surface area contributed by atoms with E-state index < -0.39 is 0 Å². The van der Waals surface area contributed by atoms with E-state index in [0.717, 1.165) is 31.9 Å². The molecule has 1 unspecified atom stereocenters. The van der Waals surface area contributed by atoms with Crippen molar-refractivity contribution in [2.75, 3.05) is 19.8 Å². The highest BCUT2D eigenvalue weighted by Crippen LogP contribution is 2.23. The molecule has 0 aliphatic carbocycles. The molecule has 0 radical (unpaired) electrons. The summed E-state index contributed by atoms with van der Waals surface area (Å²) >= 11 is 0. The van der Waals surface area contributed by atoms with E-state index in [1.54, 1.807) is 0 Å². The number of carbonyl (C=O) groups is 1. The van der Waals surface area contributed by atoms with E-state index in [2.05, 4.69) is 23.1 Å². The molecule has 0 bridgehead atoms. The van der Waals surface area contributed by atoms with Gasteiger partial charge in [0, 0.05) is 31.1 Å². The van der Waals surface area contributed by atoms with Gasteiger partial charge in [0.1, 0.15) is 0 Å². The topological polar surface area (TPSA) is 38.8 Å². The van der Waals surface area contributed by atoms with Crippen LogP contribution in [0.5, 0.6) is 0 Å². The van der Waals surface area contributed by atoms with Gasteiger partial charge in [-0.25, -0.2) is 0 Å². The van der Waals surface area contributed by atoms with Crippen molar-refractivity contribution in [3.63, 3.8) is 0 Å². The summed E-state index contributed by atoms with van der Waals surface area (Å²) in [4.78, 5) is 14.9. The molecule has 2 aliphatic rings. The van der Waals surface area contributed by atoms with Gasteiger partial charge in [-0.05, 0) is 16.7 Å². The maximum atomic E-state index is 12.6. The molecule has 0 spiro atoms. The molecule has 0 amide bonds. The van der Waals surface area contributed by atoms with E-state index in [9.17, 15) is 4.79 Å². The summed E-state index contributed by atoms with van der Waals surface area (Å²) in [6.45, 7) is 4.49. The second-order valence-corrected chi connectivity index (χ2v) is 6.79. The van der Waals surface area contributed by atoms with Crippen LogP contribution in [0.1, 0.15) is 33.5 Å². The summed E-state index contributed by atoms with van der Waals surface area (Å²) in [5.74, 6) is 0.184. The summed E-state index contributed by atoms with van der Waals surface area (Å²) < 4.78 is 11.2. The molecular weight excluding hydrogens is 314 g/mol. The molecule has 4 rings (SSSR count). The van der Waals surface area contributed by atoms with Crippen molar-refractivity contribution in [1.29, 1.82) is 0 Å². The van der Waals surface area contributed by atoms with Crippen LogP contribution in [0.2, 0.25) is 0 Å². The Balaban J connectivity index is 1.45. The number of ketones is 1. The van der Waals surface area contributed by atoms with Crippen LogP contribution < -0.4 is 0 Å². The van der Waals surface area contributed by atoms with Gasteiger partial charge >= 0.3 is 0 Å². The Morgan fingerprint density at radius 2 is 1.88 bits per heavy atom. The quantitative estimate of drug-likeness (QED) is 0.786. The molecule has 0 saturated carbocycles. The van der Waals surface area contributed by atoms with Gasteiger partial charge in [-0.2, -0.15) is 0 Å². The summed E-state index contributed by atoms with van der Waals surface area (Å²) in [5.41, 5.74) is 4.65. The lowest BCUT2D eigenvalue weighted by atomic mass is 10.0. The minimum atomic E-state index is 0.131. The first-order chi connectivity index (χ1) is 12.3. The highest BCUT2D eigenvalue weighted by atomic mass is 16.5. The standard InChI is InChI=1S/C21H23NO3/c23-21(17-4-2-1-3-5-17)11-20-15-24-9-8-22(20)12-16-6-7-18-13-25-14-19(18)10-16/h1-7,10,20H,8-9,11-15H2. The third-order valence-electron chi connectivity index (χ3n) is 5.04. The second kappa shape index (κ2) is 7.48. The maximum Gasteiger partial charge on any atom is 0.164 e. The second-order valence-electron chi connectivity index (χ2n) is 6.79. The molecule has 0 aromatic heterocycles. The molecule has 2 aliphatic heterocycles. The number of Topliss-reactive ketones (excluding diaryl/α,β-unsaturated/α-hetero) is 1. The van der Waals surface area contributed by atoms with Crippen LogP contribution in [0.4, 0.5) is 0 Å². The summed E-state index contributed by atoms with van der Waals surface area (Å²) in [6, 6.07) is 16.3. The predicted molar refractivity (Wildman–Crippen MR) is 95.3 cm³/mol. The lowest BCUT2D eigenvalue weighted by molar-refractivity contribution is -0.0126. The molecule has 1 saturated heterocycles. The van der Waals surface area contributed by atoms with Crippen LogP contribution in [0.3, 0.4) is 0 Å². The zero-order chi connectivity index (χ0) is 17.1. The van der Waals surface area contributed by atoms with Crippen LogP contribution >= 0.6 is 0 Å². The van der Waals surface area contributed by atoms with Gasteiger partial charge in [-0.15, -0.1) is 0 Å². The van der Waals surface area contributed by atoms with Gasteiger partial charge in [0.15, 0.2) is 5.78 Å². The molecule has 1 atom stereocenters. The Bertz CT molecular complexity index is 744. The number of benzene rings is 2. The molecule has 25 heavy (non-hydrogen) atoms. The Kier molecular flexibility index (Phi) is 4.92. The minimum Gasteiger partial charge on any atom is -0.378 e. The number of ether oxygens (including phenoxy) is 2. The first-order valence-electron chi connectivity index (χ1n) is 8.88. The van der Waals surface area contributed by atoms with Crippen molar-refractivity contribution in [1.82, 2.24) is 4.90 Å². The molecule has 2 heterocycles. The number of nitrogens with zero attached hydrogens (tertiary/aromatic N) is 1. The molecule has 2 aromatic rings. The van der Waals surface area contributed by atoms with Crippen LogP contribution in [0.25, 0.3) is 0 Å². The van der Waals surface area contributed by atoms with E-state index in [1.165, 1.54) is 16.7 Å². The van der Waals surface area contributed by atoms with Crippen molar-refractivity contribution < 1.29 is 14.3 Å². The van der Waals surface area contributed by atoms with Gasteiger partial charge in [0.2, 0.25) is 0 Å². The molecule has 4 heteroatoms. The lowest BCUT2D eigenvalue weighted by Crippen LogP contribution is -2.45. The predicted octanol–water partition coefficient (Wildman–Crippen LogP) is 3.19. The zero-order valence-electron chi connectivity index (χ0n) is 14.3. The van der Waals surface area contributed by atoms with Gasteiger partial charge in [0.25, 0.3) is 0 Å². The van der Waals surface area contributed by atoms with E-state index in [-0.39, 0.29) is 11.8 Å². The number of morpholine rings is 1. The Labute approximate surface area is 148 Å². The molecule has 2 aromatic carbocycles. The first-order valence-corrected chi connectivity index (χ1v) is 8.88. The number of rotatable bonds is 5. The van der Waals surface area contributed by atoms with E-state index in [4.69, 9.17) is 9.47 Å². The molecule has 4 nitrogen and oxygen atoms in total. The lowest BCUT2D eigenvalue weighted by Gasteiger charge is -2.35. The average Bonchev–Trinajstić information content (AvgIpc) is 3.12. The molecule has 0 N–H and O–H groups in total. The van der Waals surface area contributed by atoms with Crippen LogP contribution in [0.15, 0.2) is 48.5 Å². The van der Waals surface area contributed by atoms with Crippen molar-refractivity contribution in [3.8, 4) is 0 Å². The van der Waals surface area contributed by atoms with Crippen molar-refractivity contribution in [2.45, 2.75) is 32.2 Å². The van der Waals surface area contributed by atoms with Crippen LogP contribution in [-0.4, -0.2) is 36.5 Å². The number of hydrogen-bond acceptors (Lipinski definition) is 4. The van der Waals surface area contributed by atoms with Gasteiger partial charge < -0.3 is 9.47 Å². The Morgan fingerprint density at radius 3 is 2.76 bits per heavy atom. The number of fused-ring (bicyclic) bond motifs is 1. The number of hydrogen-bond donors (Lipinski definition) is 0. The van der Waals surface area contributed by atoms with Crippen molar-refractivity contribution >= 4 is 5.78 Å². The van der Waals surface area contributed by atoms with Crippen molar-refractivity contribution in [2.24, 2.45) is 0 Å². The first kappa shape index (κ1) is 16.5. The summed E-state index contributed by atoms with van der Waals surface area (Å²) in [5, 5.41) is 0. The van der Waals surface area contributed by atoms with Gasteiger partial charge in [-0.3, -0.25) is 9.69 Å². The highest BCUT2D eigenvalue weighted by Gasteiger charge is 2.26. The third-order valence-corrected chi connectivity index (χ3v) is 5.04. The van der Waals surface area contributed by atoms with E-state index in [0.29, 0.717) is 19.6 Å². The summed E-state index contributed by atoms with van der Waals surface area (Å²) in [6.07, 6.45) is 0.498. The molecular formula is C21H23NO3. The molecule has 1 fully saturated rings. The maximum absolute atomic E-state index is 12.6. The normalized spacial score (nSPS) is 20.4. The zero-order valence-corrected chi connectivity index (χ0v) is 14.3. The average molecular weight is 337 g/mol. The minimum absolute atomic E-state index is 0.131. The van der Waals surface area contributed by atoms with Gasteiger partial charge in [-0.1, -0.05) is 48.5 Å². The largest absolute Gasteiger partial charge is 0.378 e. The van der Waals surface area contributed by atoms with E-state index in [1.807, 2.05) is 30.3 Å². The fourth-order valence-electron chi connectivity index (χ4n) is 3.60. The fraction of sp³-hybridized carbons (Fsp3) is 0.381. The van der Waals surface area contributed by atoms with E-state index >= 15 is 0 Å². The summed E-state index contributed by atoms with van der Waals surface area (Å²) in [7, 11) is 0. The van der Waals surface area contributed by atoms with Crippen LogP contribution in [-0.2, 0) is 29.2 Å². The Hall–Kier alpha value is -2.01. The molecule has 130 valence electrons. The fourth-order valence-corrected chi connectivity index (χ4v) is 3.60. The monoisotopic (exact) mass is 337 g/mol. The number of carbonyl (C=O) groups excluding carboxylic acids is 1. The van der Waals surface area contributed by atoms with Crippen molar-refractivity contribution in [3.05, 3.63) is 70.8 Å². The third kappa shape index (κ3) is 3.82.